The van der Waals surface area contributed by atoms with Crippen LogP contribution in [0.2, 0.25) is 0 Å². The maximum atomic E-state index is 13.0. The number of nitriles is 1. The van der Waals surface area contributed by atoms with Crippen molar-refractivity contribution < 1.29 is 22.7 Å². The molecule has 0 radical (unpaired) electrons. The van der Waals surface area contributed by atoms with Gasteiger partial charge in [0.15, 0.2) is 6.61 Å². The van der Waals surface area contributed by atoms with Gasteiger partial charge in [-0.2, -0.15) is 18.4 Å². The fourth-order valence-electron chi connectivity index (χ4n) is 3.99. The standard InChI is InChI=1S/C22H21F3N4O2/c1-13-16(11-26)19(29-8-6-14(7-9-29)22(23,24)25)5-4-17(13)27-15-2-3-18-20(10-15)31-12-21(30)28-18/h2-5,10,14,27H,6-9,12H2,1H3,(H,28,30). The highest BCUT2D eigenvalue weighted by atomic mass is 19.4. The number of hydrogen-bond acceptors (Lipinski definition) is 5. The highest BCUT2D eigenvalue weighted by Crippen LogP contribution is 2.38. The summed E-state index contributed by atoms with van der Waals surface area (Å²) in [5, 5.41) is 15.7. The van der Waals surface area contributed by atoms with Crippen molar-refractivity contribution >= 4 is 28.7 Å². The number of amides is 1. The molecule has 1 saturated heterocycles. The van der Waals surface area contributed by atoms with E-state index in [4.69, 9.17) is 4.74 Å². The summed E-state index contributed by atoms with van der Waals surface area (Å²) in [4.78, 5) is 13.3. The molecule has 9 heteroatoms. The second-order valence-electron chi connectivity index (χ2n) is 7.72. The molecule has 2 aromatic carbocycles. The summed E-state index contributed by atoms with van der Waals surface area (Å²) in [6.45, 7) is 2.29. The van der Waals surface area contributed by atoms with Crippen LogP contribution in [0.5, 0.6) is 5.75 Å². The van der Waals surface area contributed by atoms with Crippen molar-refractivity contribution in [3.8, 4) is 11.8 Å². The van der Waals surface area contributed by atoms with Gasteiger partial charge in [0, 0.05) is 30.5 Å². The number of ether oxygens (including phenoxy) is 1. The minimum atomic E-state index is -4.17. The lowest BCUT2D eigenvalue weighted by atomic mass is 9.94. The van der Waals surface area contributed by atoms with Gasteiger partial charge in [-0.25, -0.2) is 0 Å². The molecule has 2 heterocycles. The van der Waals surface area contributed by atoms with Crippen molar-refractivity contribution in [1.29, 1.82) is 5.26 Å². The average molecular weight is 430 g/mol. The number of piperidine rings is 1. The SMILES string of the molecule is Cc1c(Nc2ccc3c(c2)OCC(=O)N3)ccc(N2CCC(C(F)(F)F)CC2)c1C#N. The molecule has 162 valence electrons. The van der Waals surface area contributed by atoms with Crippen LogP contribution in [0.25, 0.3) is 0 Å². The van der Waals surface area contributed by atoms with Gasteiger partial charge in [-0.3, -0.25) is 4.79 Å². The van der Waals surface area contributed by atoms with Gasteiger partial charge in [-0.1, -0.05) is 0 Å². The van der Waals surface area contributed by atoms with E-state index < -0.39 is 12.1 Å². The third kappa shape index (κ3) is 4.24. The van der Waals surface area contributed by atoms with Crippen molar-refractivity contribution in [2.45, 2.75) is 25.9 Å². The molecule has 1 amide bonds. The topological polar surface area (TPSA) is 77.4 Å². The molecule has 2 aliphatic heterocycles. The molecular formula is C22H21F3N4O2. The van der Waals surface area contributed by atoms with Crippen LogP contribution < -0.4 is 20.3 Å². The van der Waals surface area contributed by atoms with Crippen molar-refractivity contribution in [3.63, 3.8) is 0 Å². The van der Waals surface area contributed by atoms with E-state index in [-0.39, 0.29) is 38.4 Å². The van der Waals surface area contributed by atoms with Crippen LogP contribution in [0.15, 0.2) is 30.3 Å². The Hall–Kier alpha value is -3.41. The van der Waals surface area contributed by atoms with Crippen LogP contribution in [0.3, 0.4) is 0 Å². The smallest absolute Gasteiger partial charge is 0.391 e. The van der Waals surface area contributed by atoms with E-state index in [1.165, 1.54) is 0 Å². The van der Waals surface area contributed by atoms with E-state index in [9.17, 15) is 23.2 Å². The molecule has 2 aliphatic rings. The quantitative estimate of drug-likeness (QED) is 0.737. The van der Waals surface area contributed by atoms with Crippen LogP contribution in [0.1, 0.15) is 24.0 Å². The predicted molar refractivity (Wildman–Crippen MR) is 111 cm³/mol. The Morgan fingerprint density at radius 3 is 2.65 bits per heavy atom. The molecule has 2 N–H and O–H groups in total. The zero-order valence-corrected chi connectivity index (χ0v) is 16.8. The van der Waals surface area contributed by atoms with E-state index >= 15 is 0 Å². The summed E-state index contributed by atoms with van der Waals surface area (Å²) < 4.78 is 44.3. The first-order chi connectivity index (χ1) is 14.8. The Balaban J connectivity index is 1.54. The monoisotopic (exact) mass is 430 g/mol. The van der Waals surface area contributed by atoms with E-state index in [2.05, 4.69) is 16.7 Å². The highest BCUT2D eigenvalue weighted by molar-refractivity contribution is 5.95. The van der Waals surface area contributed by atoms with Crippen LogP contribution >= 0.6 is 0 Å². The molecule has 0 atom stereocenters. The number of carbonyl (C=O) groups excluding carboxylic acids is 1. The second kappa shape index (κ2) is 8.02. The van der Waals surface area contributed by atoms with Gasteiger partial charge in [0.1, 0.15) is 11.8 Å². The number of benzene rings is 2. The summed E-state index contributed by atoms with van der Waals surface area (Å²) in [5.74, 6) is -0.947. The molecule has 0 bridgehead atoms. The first kappa shape index (κ1) is 20.8. The van der Waals surface area contributed by atoms with E-state index in [0.29, 0.717) is 33.9 Å². The van der Waals surface area contributed by atoms with Crippen LogP contribution in [-0.4, -0.2) is 31.8 Å². The molecule has 0 unspecified atom stereocenters. The maximum absolute atomic E-state index is 13.0. The Morgan fingerprint density at radius 2 is 1.97 bits per heavy atom. The summed E-state index contributed by atoms with van der Waals surface area (Å²) in [5.41, 5.74) is 3.84. The number of halogens is 3. The molecule has 2 aromatic rings. The van der Waals surface area contributed by atoms with Gasteiger partial charge in [0.05, 0.1) is 22.9 Å². The lowest BCUT2D eigenvalue weighted by Crippen LogP contribution is -2.39. The van der Waals surface area contributed by atoms with Crippen molar-refractivity contribution in [3.05, 3.63) is 41.5 Å². The van der Waals surface area contributed by atoms with E-state index in [0.717, 1.165) is 5.69 Å². The maximum Gasteiger partial charge on any atom is 0.391 e. The Labute approximate surface area is 177 Å². The Bertz CT molecular complexity index is 1050. The number of fused-ring (bicyclic) bond motifs is 1. The predicted octanol–water partition coefficient (Wildman–Crippen LogP) is 4.72. The number of hydrogen-bond donors (Lipinski definition) is 2. The fraction of sp³-hybridized carbons (Fsp3) is 0.364. The average Bonchev–Trinajstić information content (AvgIpc) is 2.74. The van der Waals surface area contributed by atoms with Gasteiger partial charge in [-0.05, 0) is 49.6 Å². The minimum absolute atomic E-state index is 0.0269. The summed E-state index contributed by atoms with van der Waals surface area (Å²) in [7, 11) is 0. The minimum Gasteiger partial charge on any atom is -0.482 e. The van der Waals surface area contributed by atoms with Gasteiger partial charge < -0.3 is 20.3 Å². The van der Waals surface area contributed by atoms with Crippen LogP contribution in [-0.2, 0) is 4.79 Å². The fourth-order valence-corrected chi connectivity index (χ4v) is 3.99. The van der Waals surface area contributed by atoms with Gasteiger partial charge in [-0.15, -0.1) is 0 Å². The first-order valence-corrected chi connectivity index (χ1v) is 9.95. The zero-order valence-electron chi connectivity index (χ0n) is 16.8. The van der Waals surface area contributed by atoms with Crippen molar-refractivity contribution in [1.82, 2.24) is 0 Å². The summed E-state index contributed by atoms with van der Waals surface area (Å²) in [6, 6.07) is 11.1. The molecule has 4 rings (SSSR count). The highest BCUT2D eigenvalue weighted by Gasteiger charge is 2.41. The van der Waals surface area contributed by atoms with Crippen LogP contribution in [0, 0.1) is 24.2 Å². The molecule has 0 aliphatic carbocycles. The third-order valence-electron chi connectivity index (χ3n) is 5.75. The van der Waals surface area contributed by atoms with Gasteiger partial charge in [0.25, 0.3) is 5.91 Å². The molecule has 0 saturated carbocycles. The summed E-state index contributed by atoms with van der Waals surface area (Å²) >= 11 is 0. The van der Waals surface area contributed by atoms with Crippen molar-refractivity contribution in [2.24, 2.45) is 5.92 Å². The lowest BCUT2D eigenvalue weighted by molar-refractivity contribution is -0.179. The lowest BCUT2D eigenvalue weighted by Gasteiger charge is -2.35. The molecule has 0 spiro atoms. The Kier molecular flexibility index (Phi) is 5.39. The van der Waals surface area contributed by atoms with Gasteiger partial charge in [0.2, 0.25) is 0 Å². The second-order valence-corrected chi connectivity index (χ2v) is 7.72. The third-order valence-corrected chi connectivity index (χ3v) is 5.75. The molecule has 6 nitrogen and oxygen atoms in total. The normalized spacial score (nSPS) is 16.7. The molecule has 31 heavy (non-hydrogen) atoms. The number of carbonyl (C=O) groups is 1. The first-order valence-electron chi connectivity index (χ1n) is 9.95. The zero-order chi connectivity index (χ0) is 22.2. The molecular weight excluding hydrogens is 409 g/mol. The van der Waals surface area contributed by atoms with Crippen molar-refractivity contribution in [2.75, 3.05) is 35.2 Å². The number of rotatable bonds is 3. The van der Waals surface area contributed by atoms with Gasteiger partial charge >= 0.3 is 6.18 Å². The largest absolute Gasteiger partial charge is 0.482 e. The van der Waals surface area contributed by atoms with Crippen LogP contribution in [0.4, 0.5) is 35.9 Å². The Morgan fingerprint density at radius 1 is 1.23 bits per heavy atom. The molecule has 1 fully saturated rings. The number of anilines is 4. The summed E-state index contributed by atoms with van der Waals surface area (Å²) in [6.07, 6.45) is -4.12. The van der Waals surface area contributed by atoms with E-state index in [1.807, 2.05) is 17.9 Å². The number of nitrogens with one attached hydrogen (secondary N) is 2. The number of alkyl halides is 3. The molecule has 0 aromatic heterocycles. The number of nitrogens with zero attached hydrogens (tertiary/aromatic N) is 2. The van der Waals surface area contributed by atoms with E-state index in [1.54, 1.807) is 24.3 Å².